The lowest BCUT2D eigenvalue weighted by Crippen LogP contribution is -2.24. The molecule has 2 rings (SSSR count). The predicted octanol–water partition coefficient (Wildman–Crippen LogP) is 1.21. The molecule has 1 saturated carbocycles. The summed E-state index contributed by atoms with van der Waals surface area (Å²) >= 11 is 0. The van der Waals surface area contributed by atoms with Crippen molar-refractivity contribution >= 4 is 0 Å². The van der Waals surface area contributed by atoms with Crippen molar-refractivity contribution in [2.24, 2.45) is 0 Å². The second-order valence-electron chi connectivity index (χ2n) is 2.67. The van der Waals surface area contributed by atoms with Gasteiger partial charge in [-0.05, 0) is 19.3 Å². The summed E-state index contributed by atoms with van der Waals surface area (Å²) in [4.78, 5) is 7.52. The van der Waals surface area contributed by atoms with Gasteiger partial charge < -0.3 is 4.74 Å². The molecule has 0 unspecified atom stereocenters. The van der Waals surface area contributed by atoms with Crippen LogP contribution in [-0.4, -0.2) is 16.1 Å². The van der Waals surface area contributed by atoms with Crippen LogP contribution in [-0.2, 0) is 0 Å². The fourth-order valence-electron chi connectivity index (χ4n) is 0.975. The van der Waals surface area contributed by atoms with Crippen molar-refractivity contribution in [2.45, 2.75) is 25.4 Å². The zero-order chi connectivity index (χ0) is 7.52. The lowest BCUT2D eigenvalue weighted by Gasteiger charge is -2.25. The van der Waals surface area contributed by atoms with Gasteiger partial charge in [-0.3, -0.25) is 0 Å². The van der Waals surface area contributed by atoms with Crippen LogP contribution in [0.25, 0.3) is 0 Å². The van der Waals surface area contributed by atoms with Crippen LogP contribution in [0.4, 0.5) is 0 Å². The van der Waals surface area contributed by atoms with Gasteiger partial charge in [0.05, 0.1) is 0 Å². The van der Waals surface area contributed by atoms with E-state index in [1.807, 2.05) is 0 Å². The molecule has 0 saturated heterocycles. The summed E-state index contributed by atoms with van der Waals surface area (Å²) in [5, 5.41) is 0. The van der Waals surface area contributed by atoms with Crippen molar-refractivity contribution in [2.75, 3.05) is 0 Å². The Bertz CT molecular complexity index is 221. The monoisotopic (exact) mass is 149 g/mol. The Labute approximate surface area is 65.4 Å². The fourth-order valence-corrected chi connectivity index (χ4v) is 0.975. The van der Waals surface area contributed by atoms with Gasteiger partial charge in [0.2, 0.25) is 12.2 Å². The molecule has 11 heavy (non-hydrogen) atoms. The number of hydrogen-bond donors (Lipinski definition) is 0. The summed E-state index contributed by atoms with van der Waals surface area (Å²) in [7, 11) is 0. The summed E-state index contributed by atoms with van der Waals surface area (Å²) in [5.74, 6) is 0.643. The first-order valence-corrected chi connectivity index (χ1v) is 3.81. The SMILES string of the molecule is [c]1nccc(OC2CCC2)n1. The molecular formula is C8H9N2O. The van der Waals surface area contributed by atoms with Gasteiger partial charge in [-0.15, -0.1) is 0 Å². The Morgan fingerprint density at radius 2 is 2.45 bits per heavy atom. The molecule has 1 heterocycles. The van der Waals surface area contributed by atoms with E-state index in [4.69, 9.17) is 4.74 Å². The van der Waals surface area contributed by atoms with Crippen LogP contribution in [0.2, 0.25) is 0 Å². The Morgan fingerprint density at radius 3 is 3.00 bits per heavy atom. The second-order valence-corrected chi connectivity index (χ2v) is 2.67. The molecule has 0 aliphatic heterocycles. The summed E-state index contributed by atoms with van der Waals surface area (Å²) in [6.45, 7) is 0. The molecule has 1 aliphatic carbocycles. The van der Waals surface area contributed by atoms with E-state index in [1.54, 1.807) is 12.3 Å². The van der Waals surface area contributed by atoms with Crippen LogP contribution in [0.15, 0.2) is 12.3 Å². The maximum Gasteiger partial charge on any atom is 0.217 e. The van der Waals surface area contributed by atoms with Crippen LogP contribution in [0.5, 0.6) is 5.88 Å². The van der Waals surface area contributed by atoms with E-state index in [2.05, 4.69) is 16.3 Å². The van der Waals surface area contributed by atoms with E-state index in [1.165, 1.54) is 6.42 Å². The molecule has 1 aromatic rings. The van der Waals surface area contributed by atoms with E-state index < -0.39 is 0 Å². The highest BCUT2D eigenvalue weighted by Crippen LogP contribution is 2.22. The average molecular weight is 149 g/mol. The highest BCUT2D eigenvalue weighted by atomic mass is 16.5. The first kappa shape index (κ1) is 6.58. The van der Waals surface area contributed by atoms with Crippen molar-refractivity contribution < 1.29 is 4.74 Å². The standard InChI is InChI=1S/C8H9N2O/c1-2-7(3-1)11-8-4-5-9-6-10-8/h4-5,7H,1-3H2. The summed E-state index contributed by atoms with van der Waals surface area (Å²) < 4.78 is 5.47. The maximum absolute atomic E-state index is 5.47. The third-order valence-corrected chi connectivity index (χ3v) is 1.85. The number of aromatic nitrogens is 2. The first-order valence-electron chi connectivity index (χ1n) is 3.81. The minimum atomic E-state index is 0.387. The van der Waals surface area contributed by atoms with Crippen LogP contribution >= 0.6 is 0 Å². The van der Waals surface area contributed by atoms with Crippen LogP contribution in [0, 0.1) is 6.33 Å². The third kappa shape index (κ3) is 1.48. The van der Waals surface area contributed by atoms with Gasteiger partial charge in [-0.25, -0.2) is 4.98 Å². The zero-order valence-corrected chi connectivity index (χ0v) is 6.16. The number of hydrogen-bond acceptors (Lipinski definition) is 3. The van der Waals surface area contributed by atoms with Crippen molar-refractivity contribution in [3.8, 4) is 5.88 Å². The minimum absolute atomic E-state index is 0.387. The lowest BCUT2D eigenvalue weighted by atomic mass is 9.96. The molecule has 3 heteroatoms. The largest absolute Gasteiger partial charge is 0.474 e. The smallest absolute Gasteiger partial charge is 0.217 e. The van der Waals surface area contributed by atoms with Gasteiger partial charge in [-0.1, -0.05) is 0 Å². The number of nitrogens with zero attached hydrogens (tertiary/aromatic N) is 2. The Hall–Kier alpha value is -1.12. The molecule has 1 radical (unpaired) electrons. The normalized spacial score (nSPS) is 17.5. The zero-order valence-electron chi connectivity index (χ0n) is 6.16. The molecule has 0 amide bonds. The maximum atomic E-state index is 5.47. The highest BCUT2D eigenvalue weighted by molar-refractivity contribution is 5.05. The van der Waals surface area contributed by atoms with Crippen molar-refractivity contribution in [1.29, 1.82) is 0 Å². The van der Waals surface area contributed by atoms with E-state index in [0.717, 1.165) is 12.8 Å². The molecular weight excluding hydrogens is 140 g/mol. The average Bonchev–Trinajstić information content (AvgIpc) is 1.99. The number of rotatable bonds is 2. The lowest BCUT2D eigenvalue weighted by molar-refractivity contribution is 0.114. The minimum Gasteiger partial charge on any atom is -0.474 e. The predicted molar refractivity (Wildman–Crippen MR) is 39.1 cm³/mol. The molecule has 0 spiro atoms. The van der Waals surface area contributed by atoms with Crippen LogP contribution in [0.1, 0.15) is 19.3 Å². The van der Waals surface area contributed by atoms with Gasteiger partial charge in [0.1, 0.15) is 6.10 Å². The molecule has 0 atom stereocenters. The first-order chi connectivity index (χ1) is 5.45. The molecule has 1 aromatic heterocycles. The number of ether oxygens (including phenoxy) is 1. The molecule has 1 aliphatic rings. The Balaban J connectivity index is 1.95. The highest BCUT2D eigenvalue weighted by Gasteiger charge is 2.19. The van der Waals surface area contributed by atoms with E-state index in [9.17, 15) is 0 Å². The van der Waals surface area contributed by atoms with E-state index >= 15 is 0 Å². The van der Waals surface area contributed by atoms with E-state index in [0.29, 0.717) is 12.0 Å². The third-order valence-electron chi connectivity index (χ3n) is 1.85. The summed E-state index contributed by atoms with van der Waals surface area (Å²) in [6, 6.07) is 1.76. The quantitative estimate of drug-likeness (QED) is 0.634. The van der Waals surface area contributed by atoms with Crippen LogP contribution < -0.4 is 4.74 Å². The molecule has 0 aromatic carbocycles. The Kier molecular flexibility index (Phi) is 1.71. The summed E-state index contributed by atoms with van der Waals surface area (Å²) in [6.07, 6.45) is 8.11. The van der Waals surface area contributed by atoms with Gasteiger partial charge >= 0.3 is 0 Å². The molecule has 57 valence electrons. The molecule has 0 bridgehead atoms. The van der Waals surface area contributed by atoms with Gasteiger partial charge in [0.15, 0.2) is 0 Å². The summed E-state index contributed by atoms with van der Waals surface area (Å²) in [5.41, 5.74) is 0. The second kappa shape index (κ2) is 2.86. The van der Waals surface area contributed by atoms with E-state index in [-0.39, 0.29) is 0 Å². The Morgan fingerprint density at radius 1 is 1.55 bits per heavy atom. The van der Waals surface area contributed by atoms with Crippen molar-refractivity contribution in [1.82, 2.24) is 9.97 Å². The van der Waals surface area contributed by atoms with Gasteiger partial charge in [0, 0.05) is 12.3 Å². The molecule has 1 fully saturated rings. The van der Waals surface area contributed by atoms with Gasteiger partial charge in [-0.2, -0.15) is 4.98 Å². The molecule has 0 N–H and O–H groups in total. The topological polar surface area (TPSA) is 35.0 Å². The van der Waals surface area contributed by atoms with Crippen LogP contribution in [0.3, 0.4) is 0 Å². The van der Waals surface area contributed by atoms with Crippen molar-refractivity contribution in [3.05, 3.63) is 18.6 Å². The fraction of sp³-hybridized carbons (Fsp3) is 0.500. The molecule has 3 nitrogen and oxygen atoms in total. The van der Waals surface area contributed by atoms with Crippen molar-refractivity contribution in [3.63, 3.8) is 0 Å². The van der Waals surface area contributed by atoms with Gasteiger partial charge in [0.25, 0.3) is 0 Å².